The highest BCUT2D eigenvalue weighted by molar-refractivity contribution is 7.80. The summed E-state index contributed by atoms with van der Waals surface area (Å²) < 4.78 is 4.92. The molecule has 0 amide bonds. The van der Waals surface area contributed by atoms with Gasteiger partial charge >= 0.3 is 0 Å². The maximum Gasteiger partial charge on any atom is 0.170 e. The van der Waals surface area contributed by atoms with Gasteiger partial charge in [-0.05, 0) is 42.9 Å². The summed E-state index contributed by atoms with van der Waals surface area (Å²) in [6.45, 7) is 1.49. The van der Waals surface area contributed by atoms with Crippen LogP contribution < -0.4 is 10.6 Å². The number of thiocarbonyl (C=S) groups is 1. The van der Waals surface area contributed by atoms with Gasteiger partial charge < -0.3 is 20.5 Å². The van der Waals surface area contributed by atoms with Gasteiger partial charge in [-0.2, -0.15) is 0 Å². The molecule has 0 unspecified atom stereocenters. The number of phenols is 1. The first-order chi connectivity index (χ1) is 7.72. The normalized spacial score (nSPS) is 9.81. The van der Waals surface area contributed by atoms with Gasteiger partial charge in [0.1, 0.15) is 5.75 Å². The van der Waals surface area contributed by atoms with Crippen LogP contribution in [-0.4, -0.2) is 30.5 Å². The molecule has 1 rings (SSSR count). The van der Waals surface area contributed by atoms with Crippen molar-refractivity contribution in [2.75, 3.05) is 25.6 Å². The first-order valence-corrected chi connectivity index (χ1v) is 5.46. The summed E-state index contributed by atoms with van der Waals surface area (Å²) in [5.41, 5.74) is 0.849. The molecule has 0 aliphatic rings. The molecule has 0 aliphatic heterocycles. The Bertz CT molecular complexity index is 327. The molecule has 0 aromatic heterocycles. The zero-order chi connectivity index (χ0) is 11.8. The maximum atomic E-state index is 9.10. The van der Waals surface area contributed by atoms with E-state index in [-0.39, 0.29) is 5.75 Å². The topological polar surface area (TPSA) is 53.5 Å². The van der Waals surface area contributed by atoms with E-state index in [0.29, 0.717) is 5.11 Å². The van der Waals surface area contributed by atoms with Crippen LogP contribution in [0.3, 0.4) is 0 Å². The van der Waals surface area contributed by atoms with Gasteiger partial charge in [-0.25, -0.2) is 0 Å². The third kappa shape index (κ3) is 4.95. The molecule has 0 aliphatic carbocycles. The van der Waals surface area contributed by atoms with Crippen LogP contribution in [0.25, 0.3) is 0 Å². The molecule has 0 bridgehead atoms. The van der Waals surface area contributed by atoms with Crippen molar-refractivity contribution >= 4 is 23.0 Å². The number of rotatable bonds is 5. The second kappa shape index (κ2) is 7.03. The molecule has 0 radical (unpaired) electrons. The van der Waals surface area contributed by atoms with Crippen molar-refractivity contribution in [3.8, 4) is 5.75 Å². The van der Waals surface area contributed by atoms with Crippen LogP contribution in [0.1, 0.15) is 6.42 Å². The van der Waals surface area contributed by atoms with E-state index >= 15 is 0 Å². The molecule has 0 saturated carbocycles. The van der Waals surface area contributed by atoms with E-state index in [1.165, 1.54) is 0 Å². The molecular weight excluding hydrogens is 224 g/mol. The van der Waals surface area contributed by atoms with E-state index < -0.39 is 0 Å². The molecule has 0 saturated heterocycles. The monoisotopic (exact) mass is 240 g/mol. The van der Waals surface area contributed by atoms with Crippen LogP contribution in [-0.2, 0) is 4.74 Å². The molecular formula is C11H16N2O2S. The summed E-state index contributed by atoms with van der Waals surface area (Å²) >= 11 is 5.09. The summed E-state index contributed by atoms with van der Waals surface area (Å²) in [6.07, 6.45) is 0.911. The predicted molar refractivity (Wildman–Crippen MR) is 68.8 cm³/mol. The number of ether oxygens (including phenoxy) is 1. The van der Waals surface area contributed by atoms with Gasteiger partial charge in [0.2, 0.25) is 0 Å². The van der Waals surface area contributed by atoms with Gasteiger partial charge in [-0.15, -0.1) is 0 Å². The number of methoxy groups -OCH3 is 1. The molecule has 3 N–H and O–H groups in total. The van der Waals surface area contributed by atoms with E-state index in [9.17, 15) is 0 Å². The van der Waals surface area contributed by atoms with Gasteiger partial charge in [-0.3, -0.25) is 0 Å². The van der Waals surface area contributed by atoms with E-state index in [2.05, 4.69) is 10.6 Å². The lowest BCUT2D eigenvalue weighted by molar-refractivity contribution is 0.196. The van der Waals surface area contributed by atoms with Crippen molar-refractivity contribution in [1.29, 1.82) is 0 Å². The summed E-state index contributed by atoms with van der Waals surface area (Å²) in [7, 11) is 1.67. The number of hydrogen-bond acceptors (Lipinski definition) is 3. The van der Waals surface area contributed by atoms with E-state index in [0.717, 1.165) is 25.3 Å². The highest BCUT2D eigenvalue weighted by atomic mass is 32.1. The lowest BCUT2D eigenvalue weighted by Gasteiger charge is -2.10. The Morgan fingerprint density at radius 2 is 2.06 bits per heavy atom. The number of nitrogens with one attached hydrogen (secondary N) is 2. The summed E-state index contributed by atoms with van der Waals surface area (Å²) in [6, 6.07) is 6.74. The van der Waals surface area contributed by atoms with Gasteiger partial charge in [0.05, 0.1) is 0 Å². The first-order valence-electron chi connectivity index (χ1n) is 5.05. The predicted octanol–water partition coefficient (Wildman–Crippen LogP) is 1.72. The molecule has 4 nitrogen and oxygen atoms in total. The van der Waals surface area contributed by atoms with Gasteiger partial charge in [-0.1, -0.05) is 0 Å². The number of aromatic hydroxyl groups is 1. The summed E-state index contributed by atoms with van der Waals surface area (Å²) in [5, 5.41) is 15.7. The second-order valence-corrected chi connectivity index (χ2v) is 3.68. The Morgan fingerprint density at radius 1 is 1.38 bits per heavy atom. The van der Waals surface area contributed by atoms with E-state index in [1.807, 2.05) is 0 Å². The molecule has 0 heterocycles. The van der Waals surface area contributed by atoms with Crippen molar-refractivity contribution in [3.63, 3.8) is 0 Å². The Morgan fingerprint density at radius 3 is 2.69 bits per heavy atom. The fourth-order valence-electron chi connectivity index (χ4n) is 1.14. The van der Waals surface area contributed by atoms with Gasteiger partial charge in [0, 0.05) is 25.9 Å². The van der Waals surface area contributed by atoms with Crippen LogP contribution in [0.15, 0.2) is 24.3 Å². The van der Waals surface area contributed by atoms with Crippen molar-refractivity contribution in [2.45, 2.75) is 6.42 Å². The lowest BCUT2D eigenvalue weighted by atomic mass is 10.3. The second-order valence-electron chi connectivity index (χ2n) is 3.27. The Kier molecular flexibility index (Phi) is 5.60. The average molecular weight is 240 g/mol. The first kappa shape index (κ1) is 12.7. The number of anilines is 1. The quantitative estimate of drug-likeness (QED) is 0.415. The lowest BCUT2D eigenvalue weighted by Crippen LogP contribution is -2.29. The average Bonchev–Trinajstić information content (AvgIpc) is 2.28. The number of benzene rings is 1. The highest BCUT2D eigenvalue weighted by Gasteiger charge is 1.96. The number of hydrogen-bond donors (Lipinski definition) is 3. The van der Waals surface area contributed by atoms with Crippen LogP contribution >= 0.6 is 12.2 Å². The van der Waals surface area contributed by atoms with Crippen molar-refractivity contribution in [2.24, 2.45) is 0 Å². The maximum absolute atomic E-state index is 9.10. The largest absolute Gasteiger partial charge is 0.508 e. The third-order valence-corrected chi connectivity index (χ3v) is 2.18. The number of phenolic OH excluding ortho intramolecular Hbond substituents is 1. The zero-order valence-corrected chi connectivity index (χ0v) is 10.0. The molecule has 0 atom stereocenters. The van der Waals surface area contributed by atoms with Crippen LogP contribution in [0, 0.1) is 0 Å². The molecule has 16 heavy (non-hydrogen) atoms. The highest BCUT2D eigenvalue weighted by Crippen LogP contribution is 2.13. The molecule has 0 fully saturated rings. The zero-order valence-electron chi connectivity index (χ0n) is 9.19. The van der Waals surface area contributed by atoms with E-state index in [1.54, 1.807) is 31.4 Å². The molecule has 1 aromatic rings. The summed E-state index contributed by atoms with van der Waals surface area (Å²) in [5.74, 6) is 0.240. The molecule has 0 spiro atoms. The van der Waals surface area contributed by atoms with Crippen molar-refractivity contribution < 1.29 is 9.84 Å². The fraction of sp³-hybridized carbons (Fsp3) is 0.364. The van der Waals surface area contributed by atoms with Gasteiger partial charge in [0.25, 0.3) is 0 Å². The standard InChI is InChI=1S/C11H16N2O2S/c1-15-8-2-7-12-11(16)13-9-3-5-10(14)6-4-9/h3-6,14H,2,7-8H2,1H3,(H2,12,13,16). The van der Waals surface area contributed by atoms with Crippen LogP contribution in [0.5, 0.6) is 5.75 Å². The van der Waals surface area contributed by atoms with Crippen LogP contribution in [0.4, 0.5) is 5.69 Å². The van der Waals surface area contributed by atoms with Crippen molar-refractivity contribution in [3.05, 3.63) is 24.3 Å². The smallest absolute Gasteiger partial charge is 0.170 e. The minimum absolute atomic E-state index is 0.240. The Labute approximate surface area is 101 Å². The van der Waals surface area contributed by atoms with Gasteiger partial charge in [0.15, 0.2) is 5.11 Å². The van der Waals surface area contributed by atoms with Crippen molar-refractivity contribution in [1.82, 2.24) is 5.32 Å². The molecule has 5 heteroatoms. The summed E-state index contributed by atoms with van der Waals surface area (Å²) in [4.78, 5) is 0. The Balaban J connectivity index is 2.26. The third-order valence-electron chi connectivity index (χ3n) is 1.94. The molecule has 1 aromatic carbocycles. The molecule has 88 valence electrons. The SMILES string of the molecule is COCCCNC(=S)Nc1ccc(O)cc1. The Hall–Kier alpha value is -1.33. The van der Waals surface area contributed by atoms with E-state index in [4.69, 9.17) is 22.1 Å². The minimum atomic E-state index is 0.240. The minimum Gasteiger partial charge on any atom is -0.508 e. The fourth-order valence-corrected chi connectivity index (χ4v) is 1.36. The van der Waals surface area contributed by atoms with Crippen LogP contribution in [0.2, 0.25) is 0 Å².